The minimum atomic E-state index is -0.663. The van der Waals surface area contributed by atoms with Crippen LogP contribution >= 0.6 is 0 Å². The smallest absolute Gasteiger partial charge is 0.122 e. The Labute approximate surface area is 114 Å². The van der Waals surface area contributed by atoms with Crippen LogP contribution in [0.3, 0.4) is 0 Å². The molecule has 2 aliphatic rings. The highest BCUT2D eigenvalue weighted by Crippen LogP contribution is 2.47. The van der Waals surface area contributed by atoms with E-state index in [0.717, 1.165) is 38.0 Å². The molecule has 1 aromatic carbocycles. The fourth-order valence-electron chi connectivity index (χ4n) is 3.27. The van der Waals surface area contributed by atoms with Crippen LogP contribution in [-0.2, 0) is 4.74 Å². The van der Waals surface area contributed by atoms with Gasteiger partial charge in [-0.05, 0) is 49.1 Å². The number of rotatable bonds is 5. The lowest BCUT2D eigenvalue weighted by molar-refractivity contribution is -0.0601. The summed E-state index contributed by atoms with van der Waals surface area (Å²) in [5.74, 6) is 1.78. The molecule has 1 aliphatic carbocycles. The number of methoxy groups -OCH3 is 1. The van der Waals surface area contributed by atoms with E-state index in [-0.39, 0.29) is 0 Å². The average molecular weight is 262 g/mol. The number of ether oxygens (including phenoxy) is 2. The number of hydrogen-bond acceptors (Lipinski definition) is 3. The Bertz CT molecular complexity index is 441. The van der Waals surface area contributed by atoms with E-state index in [0.29, 0.717) is 18.4 Å². The van der Waals surface area contributed by atoms with Gasteiger partial charge in [-0.25, -0.2) is 0 Å². The summed E-state index contributed by atoms with van der Waals surface area (Å²) >= 11 is 0. The molecule has 1 N–H and O–H groups in total. The number of benzene rings is 1. The van der Waals surface area contributed by atoms with Gasteiger partial charge in [0.2, 0.25) is 0 Å². The fourth-order valence-corrected chi connectivity index (χ4v) is 3.27. The van der Waals surface area contributed by atoms with Crippen LogP contribution in [-0.4, -0.2) is 31.0 Å². The first kappa shape index (κ1) is 12.9. The second-order valence-electron chi connectivity index (χ2n) is 5.89. The molecule has 3 rings (SSSR count). The summed E-state index contributed by atoms with van der Waals surface area (Å²) in [4.78, 5) is 0. The summed E-state index contributed by atoms with van der Waals surface area (Å²) in [6, 6.07) is 8.20. The van der Waals surface area contributed by atoms with Gasteiger partial charge in [-0.1, -0.05) is 18.2 Å². The highest BCUT2D eigenvalue weighted by atomic mass is 16.5. The Morgan fingerprint density at radius 2 is 2.11 bits per heavy atom. The van der Waals surface area contributed by atoms with E-state index in [4.69, 9.17) is 9.47 Å². The van der Waals surface area contributed by atoms with Crippen molar-refractivity contribution < 1.29 is 14.6 Å². The van der Waals surface area contributed by atoms with E-state index in [2.05, 4.69) is 6.07 Å². The number of hydrogen-bond donors (Lipinski definition) is 1. The van der Waals surface area contributed by atoms with E-state index in [1.807, 2.05) is 18.2 Å². The van der Waals surface area contributed by atoms with E-state index in [1.165, 1.54) is 5.56 Å². The van der Waals surface area contributed by atoms with Crippen LogP contribution in [0.2, 0.25) is 0 Å². The monoisotopic (exact) mass is 262 g/mol. The van der Waals surface area contributed by atoms with E-state index in [9.17, 15) is 5.11 Å². The molecule has 1 heterocycles. The van der Waals surface area contributed by atoms with Crippen LogP contribution in [0.4, 0.5) is 0 Å². The van der Waals surface area contributed by atoms with Crippen molar-refractivity contribution >= 4 is 0 Å². The third-order valence-electron chi connectivity index (χ3n) is 4.41. The molecule has 1 saturated carbocycles. The molecule has 0 amide bonds. The number of fused-ring (bicyclic) bond motifs is 1. The summed E-state index contributed by atoms with van der Waals surface area (Å²) in [6.45, 7) is 1.19. The molecule has 3 heteroatoms. The third kappa shape index (κ3) is 2.63. The van der Waals surface area contributed by atoms with Crippen molar-refractivity contribution in [1.82, 2.24) is 0 Å². The second kappa shape index (κ2) is 5.14. The molecule has 3 nitrogen and oxygen atoms in total. The molecule has 0 saturated heterocycles. The lowest BCUT2D eigenvalue weighted by Crippen LogP contribution is -2.39. The first-order valence-electron chi connectivity index (χ1n) is 7.16. The predicted molar refractivity (Wildman–Crippen MR) is 73.5 cm³/mol. The molecule has 104 valence electrons. The summed E-state index contributed by atoms with van der Waals surface area (Å²) in [5, 5.41) is 10.9. The lowest BCUT2D eigenvalue weighted by atomic mass is 9.80. The van der Waals surface area contributed by atoms with Crippen molar-refractivity contribution in [2.24, 2.45) is 5.92 Å². The lowest BCUT2D eigenvalue weighted by Gasteiger charge is -2.34. The maximum atomic E-state index is 10.9. The first-order chi connectivity index (χ1) is 9.23. The van der Waals surface area contributed by atoms with Gasteiger partial charge in [-0.15, -0.1) is 0 Å². The van der Waals surface area contributed by atoms with Gasteiger partial charge in [0, 0.05) is 7.11 Å². The molecular formula is C16H22O3. The fraction of sp³-hybridized carbons (Fsp3) is 0.625. The van der Waals surface area contributed by atoms with Crippen molar-refractivity contribution in [3.63, 3.8) is 0 Å². The summed E-state index contributed by atoms with van der Waals surface area (Å²) < 4.78 is 10.9. The van der Waals surface area contributed by atoms with Crippen LogP contribution < -0.4 is 4.74 Å². The van der Waals surface area contributed by atoms with Gasteiger partial charge in [0.15, 0.2) is 0 Å². The quantitative estimate of drug-likeness (QED) is 0.886. The van der Waals surface area contributed by atoms with Crippen LogP contribution in [0, 0.1) is 5.92 Å². The van der Waals surface area contributed by atoms with Crippen LogP contribution in [0.1, 0.15) is 37.2 Å². The standard InChI is InChI=1S/C16H22O3/c1-18-11-16(17,13-6-7-13)10-12-8-9-19-15-5-3-2-4-14(12)15/h2-5,12-13,17H,6-11H2,1H3. The first-order valence-corrected chi connectivity index (χ1v) is 7.16. The molecule has 19 heavy (non-hydrogen) atoms. The molecule has 0 spiro atoms. The third-order valence-corrected chi connectivity index (χ3v) is 4.41. The maximum absolute atomic E-state index is 10.9. The average Bonchev–Trinajstić information content (AvgIpc) is 3.24. The van der Waals surface area contributed by atoms with Gasteiger partial charge in [0.1, 0.15) is 5.75 Å². The second-order valence-corrected chi connectivity index (χ2v) is 5.89. The van der Waals surface area contributed by atoms with Gasteiger partial charge in [-0.2, -0.15) is 0 Å². The predicted octanol–water partition coefficient (Wildman–Crippen LogP) is 2.73. The highest BCUT2D eigenvalue weighted by Gasteiger charge is 2.45. The van der Waals surface area contributed by atoms with E-state index < -0.39 is 5.60 Å². The zero-order valence-electron chi connectivity index (χ0n) is 11.5. The Hall–Kier alpha value is -1.06. The van der Waals surface area contributed by atoms with Gasteiger partial charge in [0.25, 0.3) is 0 Å². The maximum Gasteiger partial charge on any atom is 0.122 e. The van der Waals surface area contributed by atoms with Gasteiger partial charge >= 0.3 is 0 Å². The highest BCUT2D eigenvalue weighted by molar-refractivity contribution is 5.38. The zero-order chi connectivity index (χ0) is 13.3. The molecule has 1 aliphatic heterocycles. The number of aliphatic hydroxyl groups is 1. The van der Waals surface area contributed by atoms with Crippen molar-refractivity contribution in [2.45, 2.75) is 37.2 Å². The Kier molecular flexibility index (Phi) is 3.50. The Morgan fingerprint density at radius 3 is 2.84 bits per heavy atom. The SMILES string of the molecule is COCC(O)(CC1CCOc2ccccc21)C1CC1. The molecule has 2 atom stereocenters. The summed E-state index contributed by atoms with van der Waals surface area (Å²) in [6.07, 6.45) is 4.02. The molecule has 0 bridgehead atoms. The van der Waals surface area contributed by atoms with Crippen LogP contribution in [0.15, 0.2) is 24.3 Å². The summed E-state index contributed by atoms with van der Waals surface area (Å²) in [7, 11) is 1.67. The van der Waals surface area contributed by atoms with Crippen molar-refractivity contribution in [2.75, 3.05) is 20.3 Å². The molecular weight excluding hydrogens is 240 g/mol. The van der Waals surface area contributed by atoms with E-state index in [1.54, 1.807) is 7.11 Å². The van der Waals surface area contributed by atoms with E-state index >= 15 is 0 Å². The molecule has 1 fully saturated rings. The van der Waals surface area contributed by atoms with Crippen molar-refractivity contribution in [1.29, 1.82) is 0 Å². The topological polar surface area (TPSA) is 38.7 Å². The largest absolute Gasteiger partial charge is 0.493 e. The van der Waals surface area contributed by atoms with Crippen LogP contribution in [0.5, 0.6) is 5.75 Å². The minimum absolute atomic E-state index is 0.380. The van der Waals surface area contributed by atoms with Crippen molar-refractivity contribution in [3.05, 3.63) is 29.8 Å². The molecule has 1 aromatic rings. The number of para-hydroxylation sites is 1. The Morgan fingerprint density at radius 1 is 1.32 bits per heavy atom. The van der Waals surface area contributed by atoms with Crippen LogP contribution in [0.25, 0.3) is 0 Å². The minimum Gasteiger partial charge on any atom is -0.493 e. The normalized spacial score (nSPS) is 25.3. The van der Waals surface area contributed by atoms with Crippen molar-refractivity contribution in [3.8, 4) is 5.75 Å². The van der Waals surface area contributed by atoms with Gasteiger partial charge in [0.05, 0.1) is 18.8 Å². The van der Waals surface area contributed by atoms with Gasteiger partial charge in [-0.3, -0.25) is 0 Å². The van der Waals surface area contributed by atoms with Gasteiger partial charge < -0.3 is 14.6 Å². The molecule has 0 radical (unpaired) electrons. The molecule has 0 aromatic heterocycles. The Balaban J connectivity index is 1.79. The molecule has 2 unspecified atom stereocenters. The zero-order valence-corrected chi connectivity index (χ0v) is 11.5. The summed E-state index contributed by atoms with van der Waals surface area (Å²) in [5.41, 5.74) is 0.577.